The summed E-state index contributed by atoms with van der Waals surface area (Å²) in [6.45, 7) is 2.84. The predicted molar refractivity (Wildman–Crippen MR) is 66.2 cm³/mol. The van der Waals surface area contributed by atoms with Gasteiger partial charge in [-0.2, -0.15) is 0 Å². The van der Waals surface area contributed by atoms with E-state index in [1.54, 1.807) is 18.0 Å². The molecule has 0 radical (unpaired) electrons. The number of unbranched alkanes of at least 4 members (excludes halogenated alkanes) is 1. The molecule has 0 aromatic carbocycles. The van der Waals surface area contributed by atoms with Crippen LogP contribution in [0.1, 0.15) is 30.1 Å². The molecule has 1 aromatic rings. The Morgan fingerprint density at radius 2 is 2.20 bits per heavy atom. The Morgan fingerprint density at radius 3 is 2.67 bits per heavy atom. The van der Waals surface area contributed by atoms with Crippen LogP contribution in [0.15, 0.2) is 6.07 Å². The molecule has 0 aliphatic rings. The maximum atomic E-state index is 11.9. The first-order valence-electron chi connectivity index (χ1n) is 4.76. The number of hydrogen-bond donors (Lipinski definition) is 0. The summed E-state index contributed by atoms with van der Waals surface area (Å²) in [7, 11) is 1.78. The summed E-state index contributed by atoms with van der Waals surface area (Å²) in [4.78, 5) is 13.5. The minimum absolute atomic E-state index is 0.0587. The summed E-state index contributed by atoms with van der Waals surface area (Å²) in [5.74, 6) is -0.0587. The molecule has 0 N–H and O–H groups in total. The average Bonchev–Trinajstić information content (AvgIpc) is 2.53. The van der Waals surface area contributed by atoms with Crippen LogP contribution >= 0.6 is 34.5 Å². The SMILES string of the molecule is CCCCN(C)C(=O)c1cc(Cl)sc1Cl. The van der Waals surface area contributed by atoms with Gasteiger partial charge in [0.2, 0.25) is 0 Å². The van der Waals surface area contributed by atoms with Gasteiger partial charge in [-0.3, -0.25) is 4.79 Å². The van der Waals surface area contributed by atoms with Crippen LogP contribution in [0, 0.1) is 0 Å². The van der Waals surface area contributed by atoms with Gasteiger partial charge in [-0.1, -0.05) is 36.5 Å². The normalized spacial score (nSPS) is 10.4. The van der Waals surface area contributed by atoms with Crippen molar-refractivity contribution in [2.45, 2.75) is 19.8 Å². The lowest BCUT2D eigenvalue weighted by molar-refractivity contribution is 0.0794. The minimum Gasteiger partial charge on any atom is -0.342 e. The zero-order valence-electron chi connectivity index (χ0n) is 8.72. The summed E-state index contributed by atoms with van der Waals surface area (Å²) >= 11 is 12.9. The minimum atomic E-state index is -0.0587. The van der Waals surface area contributed by atoms with E-state index in [0.717, 1.165) is 19.4 Å². The number of amides is 1. The Balaban J connectivity index is 2.71. The molecule has 0 aliphatic heterocycles. The van der Waals surface area contributed by atoms with Gasteiger partial charge in [0.15, 0.2) is 0 Å². The van der Waals surface area contributed by atoms with Crippen molar-refractivity contribution < 1.29 is 4.79 Å². The van der Waals surface area contributed by atoms with Crippen molar-refractivity contribution in [2.24, 2.45) is 0 Å². The molecular formula is C10H13Cl2NOS. The standard InChI is InChI=1S/C10H13Cl2NOS/c1-3-4-5-13(2)10(14)7-6-8(11)15-9(7)12/h6H,3-5H2,1-2H3. The van der Waals surface area contributed by atoms with E-state index in [9.17, 15) is 4.79 Å². The molecule has 0 atom stereocenters. The average molecular weight is 266 g/mol. The molecule has 1 amide bonds. The van der Waals surface area contributed by atoms with E-state index in [2.05, 4.69) is 6.92 Å². The second-order valence-corrected chi connectivity index (χ2v) is 5.60. The molecule has 1 rings (SSSR count). The number of carbonyl (C=O) groups excluding carboxylic acids is 1. The van der Waals surface area contributed by atoms with Gasteiger partial charge in [0.25, 0.3) is 5.91 Å². The van der Waals surface area contributed by atoms with Gasteiger partial charge in [-0.15, -0.1) is 11.3 Å². The zero-order chi connectivity index (χ0) is 11.4. The molecule has 2 nitrogen and oxygen atoms in total. The van der Waals surface area contributed by atoms with Crippen molar-refractivity contribution >= 4 is 40.4 Å². The number of carbonyl (C=O) groups is 1. The van der Waals surface area contributed by atoms with Gasteiger partial charge >= 0.3 is 0 Å². The fourth-order valence-electron chi connectivity index (χ4n) is 1.19. The molecule has 15 heavy (non-hydrogen) atoms. The van der Waals surface area contributed by atoms with Crippen LogP contribution in [0.25, 0.3) is 0 Å². The highest BCUT2D eigenvalue weighted by molar-refractivity contribution is 7.20. The van der Waals surface area contributed by atoms with E-state index in [1.165, 1.54) is 11.3 Å². The van der Waals surface area contributed by atoms with Crippen LogP contribution in [0.4, 0.5) is 0 Å². The summed E-state index contributed by atoms with van der Waals surface area (Å²) in [5.41, 5.74) is 0.505. The first-order valence-corrected chi connectivity index (χ1v) is 6.33. The molecule has 1 aromatic heterocycles. The highest BCUT2D eigenvalue weighted by Gasteiger charge is 2.17. The van der Waals surface area contributed by atoms with Gasteiger partial charge in [0.1, 0.15) is 4.34 Å². The third kappa shape index (κ3) is 3.37. The lowest BCUT2D eigenvalue weighted by Crippen LogP contribution is -2.27. The second-order valence-electron chi connectivity index (χ2n) is 3.32. The third-order valence-electron chi connectivity index (χ3n) is 2.08. The quantitative estimate of drug-likeness (QED) is 0.808. The highest BCUT2D eigenvalue weighted by atomic mass is 35.5. The van der Waals surface area contributed by atoms with Crippen molar-refractivity contribution in [1.29, 1.82) is 0 Å². The Morgan fingerprint density at radius 1 is 1.53 bits per heavy atom. The molecule has 0 saturated heterocycles. The van der Waals surface area contributed by atoms with Crippen LogP contribution in [0.2, 0.25) is 8.67 Å². The first-order chi connectivity index (χ1) is 7.06. The molecule has 0 saturated carbocycles. The number of halogens is 2. The van der Waals surface area contributed by atoms with E-state index in [1.807, 2.05) is 0 Å². The van der Waals surface area contributed by atoms with Crippen molar-refractivity contribution in [3.63, 3.8) is 0 Å². The van der Waals surface area contributed by atoms with Crippen LogP contribution in [-0.4, -0.2) is 24.4 Å². The smallest absolute Gasteiger partial charge is 0.256 e. The van der Waals surface area contributed by atoms with Gasteiger partial charge in [0.05, 0.1) is 9.90 Å². The van der Waals surface area contributed by atoms with Gasteiger partial charge in [0, 0.05) is 13.6 Å². The van der Waals surface area contributed by atoms with Gasteiger partial charge < -0.3 is 4.90 Å². The largest absolute Gasteiger partial charge is 0.342 e. The Bertz CT molecular complexity index is 351. The molecule has 0 aliphatic carbocycles. The van der Waals surface area contributed by atoms with Crippen molar-refractivity contribution in [3.05, 3.63) is 20.3 Å². The molecular weight excluding hydrogens is 253 g/mol. The second kappa shape index (κ2) is 5.73. The maximum absolute atomic E-state index is 11.9. The Kier molecular flexibility index (Phi) is 4.90. The molecule has 0 spiro atoms. The zero-order valence-corrected chi connectivity index (χ0v) is 11.0. The predicted octanol–water partition coefficient (Wildman–Crippen LogP) is 3.93. The maximum Gasteiger partial charge on any atom is 0.256 e. The van der Waals surface area contributed by atoms with Crippen molar-refractivity contribution in [1.82, 2.24) is 4.90 Å². The summed E-state index contributed by atoms with van der Waals surface area (Å²) in [6, 6.07) is 1.62. The summed E-state index contributed by atoms with van der Waals surface area (Å²) < 4.78 is 1.01. The van der Waals surface area contributed by atoms with Crippen molar-refractivity contribution in [3.8, 4) is 0 Å². The van der Waals surface area contributed by atoms with E-state index in [0.29, 0.717) is 14.2 Å². The number of rotatable bonds is 4. The Labute approximate surface area is 104 Å². The van der Waals surface area contributed by atoms with Gasteiger partial charge in [-0.25, -0.2) is 0 Å². The van der Waals surface area contributed by atoms with E-state index in [-0.39, 0.29) is 5.91 Å². The van der Waals surface area contributed by atoms with Crippen molar-refractivity contribution in [2.75, 3.05) is 13.6 Å². The lowest BCUT2D eigenvalue weighted by Gasteiger charge is -2.15. The van der Waals surface area contributed by atoms with E-state index in [4.69, 9.17) is 23.2 Å². The summed E-state index contributed by atoms with van der Waals surface area (Å²) in [5, 5.41) is 0. The monoisotopic (exact) mass is 265 g/mol. The fraction of sp³-hybridized carbons (Fsp3) is 0.500. The molecule has 1 heterocycles. The third-order valence-corrected chi connectivity index (χ3v) is 3.57. The molecule has 0 bridgehead atoms. The highest BCUT2D eigenvalue weighted by Crippen LogP contribution is 2.31. The Hall–Kier alpha value is -0.250. The number of hydrogen-bond acceptors (Lipinski definition) is 2. The van der Waals surface area contributed by atoms with Crippen LogP contribution in [0.3, 0.4) is 0 Å². The number of thiophene rings is 1. The van der Waals surface area contributed by atoms with E-state index < -0.39 is 0 Å². The first kappa shape index (κ1) is 12.8. The molecule has 5 heteroatoms. The lowest BCUT2D eigenvalue weighted by atomic mass is 10.2. The molecule has 84 valence electrons. The van der Waals surface area contributed by atoms with Crippen LogP contribution in [-0.2, 0) is 0 Å². The fourth-order valence-corrected chi connectivity index (χ4v) is 2.64. The van der Waals surface area contributed by atoms with Crippen LogP contribution < -0.4 is 0 Å². The summed E-state index contributed by atoms with van der Waals surface area (Å²) in [6.07, 6.45) is 2.06. The molecule has 0 fully saturated rings. The topological polar surface area (TPSA) is 20.3 Å². The van der Waals surface area contributed by atoms with E-state index >= 15 is 0 Å². The molecule has 0 unspecified atom stereocenters. The van der Waals surface area contributed by atoms with Crippen LogP contribution in [0.5, 0.6) is 0 Å². The number of nitrogens with zero attached hydrogens (tertiary/aromatic N) is 1. The van der Waals surface area contributed by atoms with Gasteiger partial charge in [-0.05, 0) is 12.5 Å².